The average Bonchev–Trinajstić information content (AvgIpc) is 3.23. The van der Waals surface area contributed by atoms with Crippen LogP contribution in [0.15, 0.2) is 47.8 Å². The zero-order valence-corrected chi connectivity index (χ0v) is 13.9. The van der Waals surface area contributed by atoms with Crippen molar-refractivity contribution in [2.24, 2.45) is 0 Å². The molecule has 0 unspecified atom stereocenters. The maximum Gasteiger partial charge on any atom is 0.347 e. The van der Waals surface area contributed by atoms with Gasteiger partial charge < -0.3 is 4.98 Å². The average molecular weight is 352 g/mol. The molecule has 3 heterocycles. The normalized spacial score (nSPS) is 14.3. The lowest BCUT2D eigenvalue weighted by Gasteiger charge is -2.08. The van der Waals surface area contributed by atoms with Crippen molar-refractivity contribution in [1.82, 2.24) is 24.7 Å². The van der Waals surface area contributed by atoms with Gasteiger partial charge in [0, 0.05) is 23.3 Å². The smallest absolute Gasteiger partial charge is 0.346 e. The molecule has 0 saturated heterocycles. The van der Waals surface area contributed by atoms with Gasteiger partial charge in [-0.1, -0.05) is 23.7 Å². The molecule has 1 fully saturated rings. The van der Waals surface area contributed by atoms with Crippen LogP contribution in [0, 0.1) is 0 Å². The van der Waals surface area contributed by atoms with E-state index in [0.717, 1.165) is 22.2 Å². The first-order valence-corrected chi connectivity index (χ1v) is 8.49. The van der Waals surface area contributed by atoms with E-state index in [0.29, 0.717) is 16.6 Å². The van der Waals surface area contributed by atoms with Gasteiger partial charge in [0.2, 0.25) is 0 Å². The maximum absolute atomic E-state index is 11.8. The number of H-pyrrole nitrogens is 2. The number of hydrogen-bond donors (Lipinski definition) is 2. The predicted octanol–water partition coefficient (Wildman–Crippen LogP) is 3.63. The molecule has 0 spiro atoms. The highest BCUT2D eigenvalue weighted by Crippen LogP contribution is 2.46. The second kappa shape index (κ2) is 5.32. The Balaban J connectivity index is 1.69. The van der Waals surface area contributed by atoms with Gasteiger partial charge in [-0.2, -0.15) is 9.78 Å². The molecule has 0 amide bonds. The lowest BCUT2D eigenvalue weighted by atomic mass is 10.0. The second-order valence-electron chi connectivity index (χ2n) is 6.28. The summed E-state index contributed by atoms with van der Waals surface area (Å²) in [6.07, 6.45) is 7.56. The van der Waals surface area contributed by atoms with Crippen molar-refractivity contribution < 1.29 is 0 Å². The fourth-order valence-electron chi connectivity index (χ4n) is 3.24. The SMILES string of the molecule is O=c1[nH]cnn1-c1cccc(-c2cnc3[nH]cc(C4CC4)c3c2Cl)c1. The Morgan fingerprint density at radius 2 is 2.12 bits per heavy atom. The van der Waals surface area contributed by atoms with Crippen molar-refractivity contribution >= 4 is 22.6 Å². The third kappa shape index (κ3) is 2.29. The highest BCUT2D eigenvalue weighted by molar-refractivity contribution is 6.38. The molecule has 7 heteroatoms. The van der Waals surface area contributed by atoms with E-state index in [-0.39, 0.29) is 5.69 Å². The summed E-state index contributed by atoms with van der Waals surface area (Å²) in [6.45, 7) is 0. The van der Waals surface area contributed by atoms with Gasteiger partial charge in [-0.05, 0) is 42.0 Å². The summed E-state index contributed by atoms with van der Waals surface area (Å²) in [7, 11) is 0. The minimum absolute atomic E-state index is 0.279. The van der Waals surface area contributed by atoms with Crippen LogP contribution < -0.4 is 5.69 Å². The van der Waals surface area contributed by atoms with Gasteiger partial charge in [-0.25, -0.2) is 9.78 Å². The summed E-state index contributed by atoms with van der Waals surface area (Å²) in [5, 5.41) is 5.72. The van der Waals surface area contributed by atoms with E-state index >= 15 is 0 Å². The first-order valence-electron chi connectivity index (χ1n) is 8.11. The summed E-state index contributed by atoms with van der Waals surface area (Å²) < 4.78 is 1.31. The van der Waals surface area contributed by atoms with Crippen LogP contribution in [0.2, 0.25) is 5.02 Å². The van der Waals surface area contributed by atoms with Gasteiger partial charge in [0.15, 0.2) is 0 Å². The van der Waals surface area contributed by atoms with Crippen LogP contribution in [-0.4, -0.2) is 24.7 Å². The van der Waals surface area contributed by atoms with Gasteiger partial charge in [0.1, 0.15) is 12.0 Å². The Kier molecular flexibility index (Phi) is 3.08. The monoisotopic (exact) mass is 351 g/mol. The standard InChI is InChI=1S/C18H14ClN5O/c19-16-14(8-21-17-15(16)13(7-20-17)10-4-5-10)11-2-1-3-12(6-11)24-18(25)22-9-23-24/h1-3,6-10H,4-5H2,(H,20,21)(H,22,23,25). The summed E-state index contributed by atoms with van der Waals surface area (Å²) in [6, 6.07) is 7.56. The van der Waals surface area contributed by atoms with Crippen molar-refractivity contribution in [3.8, 4) is 16.8 Å². The van der Waals surface area contributed by atoms with Gasteiger partial charge >= 0.3 is 5.69 Å². The molecular weight excluding hydrogens is 338 g/mol. The Morgan fingerprint density at radius 1 is 1.24 bits per heavy atom. The number of halogens is 1. The molecule has 0 radical (unpaired) electrons. The van der Waals surface area contributed by atoms with Crippen LogP contribution in [0.1, 0.15) is 24.3 Å². The summed E-state index contributed by atoms with van der Waals surface area (Å²) in [4.78, 5) is 22.1. The van der Waals surface area contributed by atoms with Gasteiger partial charge in [-0.3, -0.25) is 4.98 Å². The Hall–Kier alpha value is -2.86. The highest BCUT2D eigenvalue weighted by atomic mass is 35.5. The zero-order valence-electron chi connectivity index (χ0n) is 13.2. The van der Waals surface area contributed by atoms with Crippen LogP contribution in [0.25, 0.3) is 27.8 Å². The van der Waals surface area contributed by atoms with Crippen molar-refractivity contribution in [3.63, 3.8) is 0 Å². The number of aromatic amines is 2. The number of nitrogens with zero attached hydrogens (tertiary/aromatic N) is 3. The van der Waals surface area contributed by atoms with E-state index in [1.807, 2.05) is 30.5 Å². The first kappa shape index (κ1) is 14.5. The van der Waals surface area contributed by atoms with Crippen LogP contribution in [0.5, 0.6) is 0 Å². The topological polar surface area (TPSA) is 79.4 Å². The van der Waals surface area contributed by atoms with Gasteiger partial charge in [0.25, 0.3) is 0 Å². The molecule has 3 aromatic heterocycles. The predicted molar refractivity (Wildman–Crippen MR) is 96.3 cm³/mol. The Morgan fingerprint density at radius 3 is 2.88 bits per heavy atom. The largest absolute Gasteiger partial charge is 0.347 e. The molecule has 25 heavy (non-hydrogen) atoms. The van der Waals surface area contributed by atoms with Crippen molar-refractivity contribution in [2.45, 2.75) is 18.8 Å². The first-order chi connectivity index (χ1) is 12.2. The van der Waals surface area contributed by atoms with Gasteiger partial charge in [-0.15, -0.1) is 0 Å². The molecular formula is C18H14ClN5O. The number of hydrogen-bond acceptors (Lipinski definition) is 3. The quantitative estimate of drug-likeness (QED) is 0.591. The molecule has 0 bridgehead atoms. The minimum Gasteiger partial charge on any atom is -0.346 e. The Labute approximate surface area is 147 Å². The maximum atomic E-state index is 11.8. The zero-order chi connectivity index (χ0) is 17.0. The fourth-order valence-corrected chi connectivity index (χ4v) is 3.60. The lowest BCUT2D eigenvalue weighted by Crippen LogP contribution is -2.15. The van der Waals surface area contributed by atoms with Crippen LogP contribution >= 0.6 is 11.6 Å². The van der Waals surface area contributed by atoms with E-state index in [2.05, 4.69) is 20.1 Å². The molecule has 1 aliphatic rings. The van der Waals surface area contributed by atoms with E-state index < -0.39 is 0 Å². The second-order valence-corrected chi connectivity index (χ2v) is 6.66. The third-order valence-corrected chi connectivity index (χ3v) is 5.03. The third-order valence-electron chi connectivity index (χ3n) is 4.64. The molecule has 0 atom stereocenters. The van der Waals surface area contributed by atoms with Crippen LogP contribution in [-0.2, 0) is 0 Å². The molecule has 1 saturated carbocycles. The molecule has 1 aromatic carbocycles. The van der Waals surface area contributed by atoms with E-state index in [1.54, 1.807) is 6.20 Å². The van der Waals surface area contributed by atoms with E-state index in [9.17, 15) is 4.79 Å². The fraction of sp³-hybridized carbons (Fsp3) is 0.167. The molecule has 6 nitrogen and oxygen atoms in total. The van der Waals surface area contributed by atoms with Gasteiger partial charge in [0.05, 0.1) is 10.7 Å². The van der Waals surface area contributed by atoms with Crippen molar-refractivity contribution in [1.29, 1.82) is 0 Å². The molecule has 1 aliphatic carbocycles. The van der Waals surface area contributed by atoms with Crippen LogP contribution in [0.3, 0.4) is 0 Å². The van der Waals surface area contributed by atoms with E-state index in [4.69, 9.17) is 11.6 Å². The lowest BCUT2D eigenvalue weighted by molar-refractivity contribution is 0.843. The summed E-state index contributed by atoms with van der Waals surface area (Å²) in [5.41, 5.74) is 4.20. The van der Waals surface area contributed by atoms with E-state index in [1.165, 1.54) is 29.4 Å². The number of fused-ring (bicyclic) bond motifs is 1. The number of aromatic nitrogens is 5. The van der Waals surface area contributed by atoms with Crippen molar-refractivity contribution in [2.75, 3.05) is 0 Å². The van der Waals surface area contributed by atoms with Crippen LogP contribution in [0.4, 0.5) is 0 Å². The minimum atomic E-state index is -0.279. The molecule has 4 aromatic rings. The molecule has 5 rings (SSSR count). The highest BCUT2D eigenvalue weighted by Gasteiger charge is 2.28. The number of rotatable bonds is 3. The molecule has 0 aliphatic heterocycles. The summed E-state index contributed by atoms with van der Waals surface area (Å²) in [5.74, 6) is 0.581. The van der Waals surface area contributed by atoms with Crippen molar-refractivity contribution in [3.05, 3.63) is 64.1 Å². The summed E-state index contributed by atoms with van der Waals surface area (Å²) >= 11 is 6.75. The number of pyridine rings is 1. The molecule has 2 N–H and O–H groups in total. The molecule has 124 valence electrons. The Bertz CT molecular complexity index is 1150. The number of nitrogens with one attached hydrogen (secondary N) is 2. The number of benzene rings is 1.